The molecule has 0 aliphatic heterocycles. The van der Waals surface area contributed by atoms with Crippen molar-refractivity contribution < 1.29 is 5.11 Å². The molecular formula is C18H26O. The van der Waals surface area contributed by atoms with Crippen LogP contribution in [0.15, 0.2) is 23.8 Å². The van der Waals surface area contributed by atoms with Gasteiger partial charge in [0.15, 0.2) is 0 Å². The van der Waals surface area contributed by atoms with Crippen molar-refractivity contribution in [1.82, 2.24) is 0 Å². The first-order valence-corrected chi connectivity index (χ1v) is 8.33. The maximum absolute atomic E-state index is 9.94. The van der Waals surface area contributed by atoms with E-state index in [1.165, 1.54) is 51.4 Å². The topological polar surface area (TPSA) is 20.2 Å². The molecule has 19 heavy (non-hydrogen) atoms. The number of hydrogen-bond donors (Lipinski definition) is 1. The first-order chi connectivity index (χ1) is 9.34. The van der Waals surface area contributed by atoms with E-state index >= 15 is 0 Å². The van der Waals surface area contributed by atoms with Crippen molar-refractivity contribution in [3.8, 4) is 0 Å². The van der Waals surface area contributed by atoms with Crippen LogP contribution < -0.4 is 0 Å². The highest BCUT2D eigenvalue weighted by atomic mass is 16.3. The Balaban J connectivity index is 1.68. The average molecular weight is 258 g/mol. The fourth-order valence-corrected chi connectivity index (χ4v) is 5.84. The number of aliphatic hydroxyl groups is 1. The molecule has 0 aromatic heterocycles. The molecule has 0 heterocycles. The molecule has 1 N–H and O–H groups in total. The zero-order chi connectivity index (χ0) is 12.9. The van der Waals surface area contributed by atoms with E-state index in [0.29, 0.717) is 12.0 Å². The Morgan fingerprint density at radius 3 is 3.00 bits per heavy atom. The summed E-state index contributed by atoms with van der Waals surface area (Å²) in [7, 11) is 0. The minimum Gasteiger partial charge on any atom is -0.396 e. The fourth-order valence-electron chi connectivity index (χ4n) is 5.84. The predicted octanol–water partition coefficient (Wildman–Crippen LogP) is 4.09. The lowest BCUT2D eigenvalue weighted by Crippen LogP contribution is -2.45. The Bertz CT molecular complexity index is 421. The maximum Gasteiger partial charge on any atom is 0.0490 e. The Morgan fingerprint density at radius 2 is 2.11 bits per heavy atom. The van der Waals surface area contributed by atoms with Gasteiger partial charge in [0, 0.05) is 6.61 Å². The molecule has 5 atom stereocenters. The number of allylic oxidation sites excluding steroid dienone is 4. The van der Waals surface area contributed by atoms with Gasteiger partial charge in [0.05, 0.1) is 0 Å². The molecule has 0 spiro atoms. The van der Waals surface area contributed by atoms with Crippen molar-refractivity contribution in [1.29, 1.82) is 0 Å². The molecule has 0 amide bonds. The first kappa shape index (κ1) is 12.2. The van der Waals surface area contributed by atoms with E-state index in [1.807, 2.05) is 0 Å². The van der Waals surface area contributed by atoms with Crippen molar-refractivity contribution in [2.24, 2.45) is 29.1 Å². The minimum atomic E-state index is 0.293. The van der Waals surface area contributed by atoms with E-state index in [2.05, 4.69) is 18.2 Å². The van der Waals surface area contributed by atoms with E-state index < -0.39 is 0 Å². The van der Waals surface area contributed by atoms with Gasteiger partial charge in [-0.05, 0) is 79.6 Å². The van der Waals surface area contributed by atoms with Gasteiger partial charge in [0.25, 0.3) is 0 Å². The number of hydrogen-bond acceptors (Lipinski definition) is 1. The van der Waals surface area contributed by atoms with Crippen molar-refractivity contribution in [2.45, 2.75) is 51.4 Å². The number of rotatable bonds is 1. The van der Waals surface area contributed by atoms with Gasteiger partial charge in [-0.1, -0.05) is 24.6 Å². The third-order valence-electron chi connectivity index (χ3n) is 6.78. The molecular weight excluding hydrogens is 232 g/mol. The van der Waals surface area contributed by atoms with E-state index in [0.717, 1.165) is 23.7 Å². The van der Waals surface area contributed by atoms with Crippen LogP contribution in [0.5, 0.6) is 0 Å². The molecule has 0 aromatic carbocycles. The second kappa shape index (κ2) is 4.48. The van der Waals surface area contributed by atoms with Crippen LogP contribution >= 0.6 is 0 Å². The van der Waals surface area contributed by atoms with E-state index in [1.54, 1.807) is 5.57 Å². The first-order valence-electron chi connectivity index (χ1n) is 8.33. The molecule has 1 heteroatoms. The monoisotopic (exact) mass is 258 g/mol. The summed E-state index contributed by atoms with van der Waals surface area (Å²) in [5.41, 5.74) is 1.93. The van der Waals surface area contributed by atoms with Crippen LogP contribution in [0.4, 0.5) is 0 Å². The molecule has 4 rings (SSSR count). The van der Waals surface area contributed by atoms with E-state index in [4.69, 9.17) is 0 Å². The largest absolute Gasteiger partial charge is 0.396 e. The molecule has 2 saturated carbocycles. The molecule has 0 unspecified atom stereocenters. The van der Waals surface area contributed by atoms with Crippen molar-refractivity contribution in [3.05, 3.63) is 23.8 Å². The van der Waals surface area contributed by atoms with Crippen LogP contribution in [-0.2, 0) is 0 Å². The highest BCUT2D eigenvalue weighted by molar-refractivity contribution is 5.30. The second-order valence-corrected chi connectivity index (χ2v) is 7.40. The normalized spacial score (nSPS) is 48.2. The molecule has 4 aliphatic rings. The highest BCUT2D eigenvalue weighted by Gasteiger charge is 2.52. The third-order valence-corrected chi connectivity index (χ3v) is 6.78. The zero-order valence-electron chi connectivity index (χ0n) is 11.9. The van der Waals surface area contributed by atoms with Gasteiger partial charge >= 0.3 is 0 Å². The molecule has 2 fully saturated rings. The van der Waals surface area contributed by atoms with Crippen LogP contribution in [0.2, 0.25) is 0 Å². The van der Waals surface area contributed by atoms with Gasteiger partial charge in [-0.15, -0.1) is 0 Å². The lowest BCUT2D eigenvalue weighted by molar-refractivity contribution is -0.0146. The third kappa shape index (κ3) is 1.70. The average Bonchev–Trinajstić information content (AvgIpc) is 2.91. The summed E-state index contributed by atoms with van der Waals surface area (Å²) in [4.78, 5) is 0. The molecule has 0 saturated heterocycles. The van der Waals surface area contributed by atoms with Gasteiger partial charge < -0.3 is 5.11 Å². The Labute approximate surface area is 116 Å². The summed E-state index contributed by atoms with van der Waals surface area (Å²) in [6.07, 6.45) is 18.2. The fraction of sp³-hybridized carbons (Fsp3) is 0.778. The van der Waals surface area contributed by atoms with Gasteiger partial charge in [-0.25, -0.2) is 0 Å². The predicted molar refractivity (Wildman–Crippen MR) is 77.6 cm³/mol. The van der Waals surface area contributed by atoms with Crippen molar-refractivity contribution in [2.75, 3.05) is 6.61 Å². The second-order valence-electron chi connectivity index (χ2n) is 7.40. The summed E-state index contributed by atoms with van der Waals surface area (Å²) >= 11 is 0. The van der Waals surface area contributed by atoms with Crippen LogP contribution in [0.3, 0.4) is 0 Å². The molecule has 104 valence electrons. The molecule has 1 nitrogen and oxygen atoms in total. The van der Waals surface area contributed by atoms with Crippen molar-refractivity contribution >= 4 is 0 Å². The summed E-state index contributed by atoms with van der Waals surface area (Å²) in [5, 5.41) is 9.94. The van der Waals surface area contributed by atoms with Gasteiger partial charge in [0.1, 0.15) is 0 Å². The van der Waals surface area contributed by atoms with Crippen LogP contribution in [0, 0.1) is 29.1 Å². The van der Waals surface area contributed by atoms with E-state index in [-0.39, 0.29) is 0 Å². The Hall–Kier alpha value is -0.560. The smallest absolute Gasteiger partial charge is 0.0490 e. The van der Waals surface area contributed by atoms with Gasteiger partial charge in [-0.3, -0.25) is 0 Å². The summed E-state index contributed by atoms with van der Waals surface area (Å²) in [6, 6.07) is 0. The minimum absolute atomic E-state index is 0.293. The summed E-state index contributed by atoms with van der Waals surface area (Å²) in [6.45, 7) is 0.433. The van der Waals surface area contributed by atoms with Gasteiger partial charge in [0.2, 0.25) is 0 Å². The SMILES string of the molecule is OC[C@@]12CCC[C@H]1[C@@H]1C=CC3=CCCC[C@@H]3[C@H]1CC2. The van der Waals surface area contributed by atoms with Crippen LogP contribution in [0.25, 0.3) is 0 Å². The molecule has 0 bridgehead atoms. The molecule has 4 aliphatic carbocycles. The summed E-state index contributed by atoms with van der Waals surface area (Å²) in [5.74, 6) is 3.28. The Morgan fingerprint density at radius 1 is 1.16 bits per heavy atom. The van der Waals surface area contributed by atoms with Crippen LogP contribution in [0.1, 0.15) is 51.4 Å². The maximum atomic E-state index is 9.94. The number of aliphatic hydroxyl groups excluding tert-OH is 1. The van der Waals surface area contributed by atoms with Crippen molar-refractivity contribution in [3.63, 3.8) is 0 Å². The number of fused-ring (bicyclic) bond motifs is 5. The zero-order valence-corrected chi connectivity index (χ0v) is 11.9. The highest BCUT2D eigenvalue weighted by Crippen LogP contribution is 2.60. The lowest BCUT2D eigenvalue weighted by atomic mass is 9.54. The lowest BCUT2D eigenvalue weighted by Gasteiger charge is -2.51. The standard InChI is InChI=1S/C18H26O/c19-12-18-10-3-6-17(18)16-8-7-13-4-1-2-5-14(13)15(16)9-11-18/h4,7-8,14-17,19H,1-3,5-6,9-12H2/t14-,15+,16+,17-,18-/m0/s1. The molecule has 0 aromatic rings. The van der Waals surface area contributed by atoms with Gasteiger partial charge in [-0.2, -0.15) is 0 Å². The Kier molecular flexibility index (Phi) is 2.88. The summed E-state index contributed by atoms with van der Waals surface area (Å²) < 4.78 is 0. The quantitative estimate of drug-likeness (QED) is 0.751. The van der Waals surface area contributed by atoms with Crippen LogP contribution in [-0.4, -0.2) is 11.7 Å². The molecule has 0 radical (unpaired) electrons. The van der Waals surface area contributed by atoms with E-state index in [9.17, 15) is 5.11 Å².